The summed E-state index contributed by atoms with van der Waals surface area (Å²) in [7, 11) is 0. The lowest BCUT2D eigenvalue weighted by Crippen LogP contribution is -2.05. The number of rotatable bonds is 17. The van der Waals surface area contributed by atoms with E-state index >= 15 is 0 Å². The van der Waals surface area contributed by atoms with Gasteiger partial charge in [-0.2, -0.15) is 0 Å². The molecule has 40 heavy (non-hydrogen) atoms. The Morgan fingerprint density at radius 2 is 0.800 bits per heavy atom. The third-order valence-electron chi connectivity index (χ3n) is 9.82. The predicted octanol–water partition coefficient (Wildman–Crippen LogP) is 13.2. The summed E-state index contributed by atoms with van der Waals surface area (Å²) in [5.41, 5.74) is 8.67. The molecular weight excluding hydrogens is 480 g/mol. The number of benzene rings is 2. The van der Waals surface area contributed by atoms with Gasteiger partial charge in [0.1, 0.15) is 0 Å². The highest BCUT2D eigenvalue weighted by Gasteiger charge is 2.17. The van der Waals surface area contributed by atoms with Gasteiger partial charge < -0.3 is 0 Å². The second kappa shape index (κ2) is 17.7. The second-order valence-corrected chi connectivity index (χ2v) is 13.0. The summed E-state index contributed by atoms with van der Waals surface area (Å²) in [6.45, 7) is 4.61. The Kier molecular flexibility index (Phi) is 13.6. The Morgan fingerprint density at radius 1 is 0.450 bits per heavy atom. The summed E-state index contributed by atoms with van der Waals surface area (Å²) in [4.78, 5) is 0. The minimum absolute atomic E-state index is 0.914. The van der Waals surface area contributed by atoms with Crippen LogP contribution in [0.15, 0.2) is 60.7 Å². The first kappa shape index (κ1) is 30.9. The lowest BCUT2D eigenvalue weighted by molar-refractivity contribution is 0.422. The molecule has 0 aromatic heterocycles. The van der Waals surface area contributed by atoms with E-state index < -0.39 is 0 Å². The summed E-state index contributed by atoms with van der Waals surface area (Å²) in [5, 5.41) is 0. The van der Waals surface area contributed by atoms with Crippen molar-refractivity contribution in [2.45, 2.75) is 142 Å². The van der Waals surface area contributed by atoms with E-state index in [1.807, 2.05) is 0 Å². The third-order valence-corrected chi connectivity index (χ3v) is 9.82. The van der Waals surface area contributed by atoms with Crippen LogP contribution in [0.2, 0.25) is 0 Å². The van der Waals surface area contributed by atoms with E-state index in [2.05, 4.69) is 74.5 Å². The fourth-order valence-electron chi connectivity index (χ4n) is 7.01. The molecule has 0 radical (unpaired) electrons. The van der Waals surface area contributed by atoms with Crippen LogP contribution in [0.25, 0.3) is 22.3 Å². The maximum absolute atomic E-state index is 2.55. The van der Waals surface area contributed by atoms with Crippen LogP contribution < -0.4 is 0 Å². The van der Waals surface area contributed by atoms with Gasteiger partial charge in [0.05, 0.1) is 0 Å². The summed E-state index contributed by atoms with van der Waals surface area (Å²) in [6, 6.07) is 18.8. The molecule has 0 heterocycles. The minimum Gasteiger partial charge on any atom is -0.0804 e. The smallest absolute Gasteiger partial charge is 0.0184 e. The molecule has 218 valence electrons. The predicted molar refractivity (Wildman–Crippen MR) is 178 cm³/mol. The number of allylic oxidation sites excluding steroid dienone is 4. The minimum atomic E-state index is 0.914. The van der Waals surface area contributed by atoms with Crippen molar-refractivity contribution >= 4 is 11.1 Å². The van der Waals surface area contributed by atoms with Crippen LogP contribution in [-0.2, 0) is 0 Å². The van der Waals surface area contributed by atoms with E-state index in [4.69, 9.17) is 0 Å². The van der Waals surface area contributed by atoms with E-state index in [0.29, 0.717) is 0 Å². The van der Waals surface area contributed by atoms with Gasteiger partial charge in [0, 0.05) is 0 Å². The maximum atomic E-state index is 2.55. The van der Waals surface area contributed by atoms with Crippen LogP contribution in [0.4, 0.5) is 0 Å². The molecule has 0 spiro atoms. The van der Waals surface area contributed by atoms with Crippen molar-refractivity contribution < 1.29 is 0 Å². The topological polar surface area (TPSA) is 0 Å². The first-order chi connectivity index (χ1) is 19.8. The molecule has 2 atom stereocenters. The summed E-state index contributed by atoms with van der Waals surface area (Å²) >= 11 is 0. The van der Waals surface area contributed by atoms with Gasteiger partial charge in [0.15, 0.2) is 0 Å². The second-order valence-electron chi connectivity index (χ2n) is 13.0. The summed E-state index contributed by atoms with van der Waals surface area (Å²) in [5.74, 6) is 1.83. The molecule has 2 aliphatic rings. The van der Waals surface area contributed by atoms with Crippen molar-refractivity contribution in [1.29, 1.82) is 0 Å². The van der Waals surface area contributed by atoms with Gasteiger partial charge in [-0.3, -0.25) is 0 Å². The molecule has 0 N–H and O–H groups in total. The summed E-state index contributed by atoms with van der Waals surface area (Å²) < 4.78 is 0. The number of hydrogen-bond donors (Lipinski definition) is 0. The molecule has 2 unspecified atom stereocenters. The molecule has 0 aliphatic heterocycles. The van der Waals surface area contributed by atoms with E-state index in [1.165, 1.54) is 151 Å². The van der Waals surface area contributed by atoms with Crippen LogP contribution >= 0.6 is 0 Å². The van der Waals surface area contributed by atoms with Crippen molar-refractivity contribution in [2.24, 2.45) is 11.8 Å². The molecule has 4 rings (SSSR count). The summed E-state index contributed by atoms with van der Waals surface area (Å²) in [6.07, 6.45) is 32.8. The van der Waals surface area contributed by atoms with E-state index in [9.17, 15) is 0 Å². The average molecular weight is 539 g/mol. The van der Waals surface area contributed by atoms with Crippen molar-refractivity contribution in [3.63, 3.8) is 0 Å². The fourth-order valence-corrected chi connectivity index (χ4v) is 7.01. The number of hydrogen-bond acceptors (Lipinski definition) is 0. The zero-order valence-corrected chi connectivity index (χ0v) is 26.1. The lowest BCUT2D eigenvalue weighted by atomic mass is 9.83. The lowest BCUT2D eigenvalue weighted by Gasteiger charge is -2.22. The van der Waals surface area contributed by atoms with Gasteiger partial charge in [0.25, 0.3) is 0 Å². The molecule has 0 saturated heterocycles. The van der Waals surface area contributed by atoms with Crippen molar-refractivity contribution in [2.75, 3.05) is 0 Å². The fraction of sp³-hybridized carbons (Fsp3) is 0.600. The third kappa shape index (κ3) is 10.1. The molecule has 0 bridgehead atoms. The quantitative estimate of drug-likeness (QED) is 0.176. The monoisotopic (exact) mass is 538 g/mol. The molecule has 0 fully saturated rings. The van der Waals surface area contributed by atoms with Crippen molar-refractivity contribution in [1.82, 2.24) is 0 Å². The van der Waals surface area contributed by atoms with Gasteiger partial charge >= 0.3 is 0 Å². The number of unbranched alkanes of at least 4 members (excludes halogenated alkanes) is 10. The average Bonchev–Trinajstić information content (AvgIpc) is 3.01. The van der Waals surface area contributed by atoms with Crippen LogP contribution in [-0.4, -0.2) is 0 Å². The van der Waals surface area contributed by atoms with Gasteiger partial charge in [-0.05, 0) is 83.8 Å². The molecule has 2 aromatic carbocycles. The van der Waals surface area contributed by atoms with Gasteiger partial charge in [-0.15, -0.1) is 0 Å². The molecule has 2 aliphatic carbocycles. The standard InChI is InChI=1S/C40H58/c1-3-5-7-9-10-11-12-14-16-34-19-23-36(24-20-34)38-27-31-40(32-28-38)39-29-25-37(26-30-39)35-21-17-33(18-22-35)15-13-8-6-4-2/h21,23,25-34H,3-20,22,24H2,1-2H3. The Morgan fingerprint density at radius 3 is 1.18 bits per heavy atom. The zero-order valence-electron chi connectivity index (χ0n) is 26.1. The van der Waals surface area contributed by atoms with Crippen LogP contribution in [0.5, 0.6) is 0 Å². The first-order valence-corrected chi connectivity index (χ1v) is 17.4. The molecule has 0 heteroatoms. The first-order valence-electron chi connectivity index (χ1n) is 17.4. The Bertz CT molecular complexity index is 1020. The highest BCUT2D eigenvalue weighted by atomic mass is 14.2. The molecule has 0 nitrogen and oxygen atoms in total. The Hall–Kier alpha value is -2.08. The van der Waals surface area contributed by atoms with Crippen LogP contribution in [0.3, 0.4) is 0 Å². The highest BCUT2D eigenvalue weighted by molar-refractivity contribution is 5.73. The van der Waals surface area contributed by atoms with Gasteiger partial charge in [0.2, 0.25) is 0 Å². The molecule has 2 aromatic rings. The molecule has 0 saturated carbocycles. The zero-order chi connectivity index (χ0) is 27.8. The SMILES string of the molecule is CCCCCCCCCCC1CC=C(c2ccc(-c3ccc(C4=CCC(CCCCCC)CC4)cc3)cc2)CC1. The Labute approximate surface area is 247 Å². The van der Waals surface area contributed by atoms with E-state index in [-0.39, 0.29) is 0 Å². The maximum Gasteiger partial charge on any atom is -0.0184 e. The van der Waals surface area contributed by atoms with Crippen LogP contribution in [0.1, 0.15) is 153 Å². The van der Waals surface area contributed by atoms with Gasteiger partial charge in [-0.1, -0.05) is 164 Å². The van der Waals surface area contributed by atoms with Gasteiger partial charge in [-0.25, -0.2) is 0 Å². The van der Waals surface area contributed by atoms with Crippen molar-refractivity contribution in [3.8, 4) is 11.1 Å². The molecular formula is C40H58. The van der Waals surface area contributed by atoms with Crippen LogP contribution in [0, 0.1) is 11.8 Å². The molecule has 0 amide bonds. The largest absolute Gasteiger partial charge is 0.0804 e. The highest BCUT2D eigenvalue weighted by Crippen LogP contribution is 2.35. The van der Waals surface area contributed by atoms with E-state index in [1.54, 1.807) is 11.1 Å². The van der Waals surface area contributed by atoms with Crippen molar-refractivity contribution in [3.05, 3.63) is 71.8 Å². The van der Waals surface area contributed by atoms with E-state index in [0.717, 1.165) is 11.8 Å². The normalized spacial score (nSPS) is 19.4. The Balaban J connectivity index is 1.19.